The quantitative estimate of drug-likeness (QED) is 0.231. The van der Waals surface area contributed by atoms with Crippen LogP contribution in [0.25, 0.3) is 0 Å². The Balaban J connectivity index is 1.80. The number of hydrogen-bond donors (Lipinski definition) is 1. The number of nitro benzene ring substituents is 1. The van der Waals surface area contributed by atoms with Gasteiger partial charge in [0.1, 0.15) is 5.75 Å². The highest BCUT2D eigenvalue weighted by Gasteiger charge is 2.16. The third kappa shape index (κ3) is 4.47. The Labute approximate surface area is 158 Å². The summed E-state index contributed by atoms with van der Waals surface area (Å²) in [5.41, 5.74) is 2.60. The highest BCUT2D eigenvalue weighted by molar-refractivity contribution is 5.95. The Morgan fingerprint density at radius 1 is 1.11 bits per heavy atom. The van der Waals surface area contributed by atoms with Crippen LogP contribution in [0.3, 0.4) is 0 Å². The fourth-order valence-corrected chi connectivity index (χ4v) is 2.20. The molecule has 1 heterocycles. The van der Waals surface area contributed by atoms with Crippen LogP contribution >= 0.6 is 0 Å². The zero-order valence-electron chi connectivity index (χ0n) is 14.3. The van der Waals surface area contributed by atoms with Crippen LogP contribution in [0, 0.1) is 10.1 Å². The lowest BCUT2D eigenvalue weighted by molar-refractivity contribution is -0.384. The molecule has 0 aliphatic carbocycles. The molecule has 28 heavy (non-hydrogen) atoms. The van der Waals surface area contributed by atoms with Gasteiger partial charge in [-0.2, -0.15) is 5.10 Å². The maximum Gasteiger partial charge on any atom is 0.379 e. The number of nitro groups is 1. The lowest BCUT2D eigenvalue weighted by Crippen LogP contribution is -2.17. The van der Waals surface area contributed by atoms with Gasteiger partial charge in [-0.15, -0.1) is 0 Å². The molecule has 0 atom stereocenters. The van der Waals surface area contributed by atoms with Gasteiger partial charge >= 0.3 is 5.97 Å². The molecule has 3 aromatic rings. The predicted octanol–water partition coefficient (Wildman–Crippen LogP) is 3.17. The van der Waals surface area contributed by atoms with Crippen molar-refractivity contribution in [1.29, 1.82) is 0 Å². The van der Waals surface area contributed by atoms with Crippen LogP contribution in [0.4, 0.5) is 5.69 Å². The van der Waals surface area contributed by atoms with Crippen molar-refractivity contribution in [2.75, 3.05) is 0 Å². The lowest BCUT2D eigenvalue weighted by Gasteiger charge is -2.06. The summed E-state index contributed by atoms with van der Waals surface area (Å²) >= 11 is 0. The number of nitrogens with one attached hydrogen (secondary N) is 1. The highest BCUT2D eigenvalue weighted by atomic mass is 16.6. The van der Waals surface area contributed by atoms with Crippen LogP contribution in [0.1, 0.15) is 26.5 Å². The molecule has 3 rings (SSSR count). The number of ether oxygens (including phenoxy) is 1. The summed E-state index contributed by atoms with van der Waals surface area (Å²) in [6.45, 7) is 0. The number of rotatable bonds is 6. The van der Waals surface area contributed by atoms with Crippen LogP contribution < -0.4 is 10.2 Å². The number of amides is 1. The van der Waals surface area contributed by atoms with Crippen molar-refractivity contribution >= 4 is 23.8 Å². The first kappa shape index (κ1) is 18.5. The fraction of sp³-hybridized carbons (Fsp3) is 0. The summed E-state index contributed by atoms with van der Waals surface area (Å²) in [5, 5.41) is 14.8. The third-order valence-corrected chi connectivity index (χ3v) is 3.53. The van der Waals surface area contributed by atoms with Gasteiger partial charge in [0.05, 0.1) is 17.4 Å². The molecule has 9 heteroatoms. The monoisotopic (exact) mass is 379 g/mol. The molecule has 9 nitrogen and oxygen atoms in total. The molecule has 0 saturated heterocycles. The SMILES string of the molecule is O=C(N/N=C/c1cc([N+](=O)[O-])ccc1OC(=O)c1ccco1)c1ccccc1. The molecule has 0 radical (unpaired) electrons. The average Bonchev–Trinajstić information content (AvgIpc) is 3.24. The number of hydrogen-bond acceptors (Lipinski definition) is 7. The van der Waals surface area contributed by atoms with Gasteiger partial charge in [0.15, 0.2) is 0 Å². The van der Waals surface area contributed by atoms with E-state index in [1.807, 2.05) is 0 Å². The predicted molar refractivity (Wildman–Crippen MR) is 98.3 cm³/mol. The molecule has 0 aliphatic heterocycles. The van der Waals surface area contributed by atoms with Gasteiger partial charge in [-0.1, -0.05) is 18.2 Å². The molecule has 1 N–H and O–H groups in total. The van der Waals surface area contributed by atoms with Gasteiger partial charge in [0.25, 0.3) is 11.6 Å². The lowest BCUT2D eigenvalue weighted by atomic mass is 10.2. The smallest absolute Gasteiger partial charge is 0.379 e. The normalized spacial score (nSPS) is 10.6. The first-order valence-electron chi connectivity index (χ1n) is 7.97. The molecule has 140 valence electrons. The van der Waals surface area contributed by atoms with Crippen molar-refractivity contribution in [3.05, 3.63) is 93.9 Å². The second kappa shape index (κ2) is 8.41. The summed E-state index contributed by atoms with van der Waals surface area (Å²) in [6, 6.07) is 14.9. The number of nitrogens with zero attached hydrogens (tertiary/aromatic N) is 2. The molecule has 0 spiro atoms. The largest absolute Gasteiger partial charge is 0.457 e. The van der Waals surface area contributed by atoms with Crippen molar-refractivity contribution in [3.8, 4) is 5.75 Å². The van der Waals surface area contributed by atoms with Gasteiger partial charge in [-0.3, -0.25) is 14.9 Å². The van der Waals surface area contributed by atoms with Gasteiger partial charge < -0.3 is 9.15 Å². The molecular weight excluding hydrogens is 366 g/mol. The number of esters is 1. The third-order valence-electron chi connectivity index (χ3n) is 3.53. The Kier molecular flexibility index (Phi) is 5.56. The second-order valence-electron chi connectivity index (χ2n) is 5.41. The summed E-state index contributed by atoms with van der Waals surface area (Å²) in [6.07, 6.45) is 2.46. The summed E-state index contributed by atoms with van der Waals surface area (Å²) < 4.78 is 10.2. The van der Waals surface area contributed by atoms with E-state index in [0.29, 0.717) is 5.56 Å². The number of non-ortho nitro benzene ring substituents is 1. The minimum atomic E-state index is -0.776. The number of carbonyl (C=O) groups excluding carboxylic acids is 2. The van der Waals surface area contributed by atoms with Gasteiger partial charge in [-0.25, -0.2) is 10.2 Å². The zero-order valence-corrected chi connectivity index (χ0v) is 14.3. The van der Waals surface area contributed by atoms with Crippen molar-refractivity contribution in [3.63, 3.8) is 0 Å². The van der Waals surface area contributed by atoms with Crippen LogP contribution in [-0.4, -0.2) is 23.0 Å². The zero-order chi connectivity index (χ0) is 19.9. The molecule has 1 amide bonds. The van der Waals surface area contributed by atoms with Crippen LogP contribution in [0.5, 0.6) is 5.75 Å². The van der Waals surface area contributed by atoms with Gasteiger partial charge in [0, 0.05) is 23.3 Å². The summed E-state index contributed by atoms with van der Waals surface area (Å²) in [7, 11) is 0. The fourth-order valence-electron chi connectivity index (χ4n) is 2.20. The minimum absolute atomic E-state index is 0.0183. The number of carbonyl (C=O) groups is 2. The van der Waals surface area contributed by atoms with E-state index in [1.54, 1.807) is 30.3 Å². The minimum Gasteiger partial charge on any atom is -0.457 e. The van der Waals surface area contributed by atoms with Crippen molar-refractivity contribution < 1.29 is 23.7 Å². The first-order valence-corrected chi connectivity index (χ1v) is 7.97. The summed E-state index contributed by atoms with van der Waals surface area (Å²) in [4.78, 5) is 34.5. The topological polar surface area (TPSA) is 124 Å². The van der Waals surface area contributed by atoms with Crippen LogP contribution in [0.2, 0.25) is 0 Å². The molecule has 2 aromatic carbocycles. The maximum absolute atomic E-state index is 12.0. The van der Waals surface area contributed by atoms with E-state index in [1.165, 1.54) is 36.6 Å². The number of benzene rings is 2. The van der Waals surface area contributed by atoms with E-state index in [9.17, 15) is 19.7 Å². The standard InChI is InChI=1S/C19H13N3O6/c23-18(13-5-2-1-3-6-13)21-20-12-14-11-15(22(25)26)8-9-16(14)28-19(24)17-7-4-10-27-17/h1-12H,(H,21,23)/b20-12+. The molecule has 0 aliphatic rings. The van der Waals surface area contributed by atoms with Gasteiger partial charge in [-0.05, 0) is 30.3 Å². The van der Waals surface area contributed by atoms with E-state index < -0.39 is 16.8 Å². The van der Waals surface area contributed by atoms with Gasteiger partial charge in [0.2, 0.25) is 5.76 Å². The molecule has 0 saturated carbocycles. The Morgan fingerprint density at radius 2 is 1.89 bits per heavy atom. The van der Waals surface area contributed by atoms with E-state index in [0.717, 1.165) is 6.21 Å². The Hall–Kier alpha value is -4.27. The Bertz CT molecular complexity index is 1030. The molecule has 0 fully saturated rings. The van der Waals surface area contributed by atoms with E-state index in [2.05, 4.69) is 10.5 Å². The van der Waals surface area contributed by atoms with Crippen molar-refractivity contribution in [2.45, 2.75) is 0 Å². The van der Waals surface area contributed by atoms with Crippen LogP contribution in [0.15, 0.2) is 76.4 Å². The molecular formula is C19H13N3O6. The second-order valence-corrected chi connectivity index (χ2v) is 5.41. The van der Waals surface area contributed by atoms with Crippen molar-refractivity contribution in [2.24, 2.45) is 5.10 Å². The molecule has 1 aromatic heterocycles. The maximum atomic E-state index is 12.0. The first-order chi connectivity index (χ1) is 13.5. The van der Waals surface area contributed by atoms with E-state index in [-0.39, 0.29) is 22.8 Å². The molecule has 0 bridgehead atoms. The van der Waals surface area contributed by atoms with E-state index in [4.69, 9.17) is 9.15 Å². The molecule has 0 unspecified atom stereocenters. The Morgan fingerprint density at radius 3 is 2.57 bits per heavy atom. The average molecular weight is 379 g/mol. The number of furan rings is 1. The number of hydrazone groups is 1. The van der Waals surface area contributed by atoms with Crippen molar-refractivity contribution in [1.82, 2.24) is 5.43 Å². The highest BCUT2D eigenvalue weighted by Crippen LogP contribution is 2.24. The van der Waals surface area contributed by atoms with Crippen LogP contribution in [-0.2, 0) is 0 Å². The summed E-state index contributed by atoms with van der Waals surface area (Å²) in [5.74, 6) is -1.25. The van der Waals surface area contributed by atoms with E-state index >= 15 is 0 Å².